The summed E-state index contributed by atoms with van der Waals surface area (Å²) in [6.07, 6.45) is 1.90. The normalized spacial score (nSPS) is 15.0. The molecule has 1 aromatic heterocycles. The molecule has 3 aromatic rings. The van der Waals surface area contributed by atoms with Crippen LogP contribution in [0.5, 0.6) is 0 Å². The highest BCUT2D eigenvalue weighted by Crippen LogP contribution is 2.49. The predicted molar refractivity (Wildman–Crippen MR) is 90.7 cm³/mol. The maximum absolute atomic E-state index is 3.90. The quantitative estimate of drug-likeness (QED) is 0.609. The number of rotatable bonds is 1. The van der Waals surface area contributed by atoms with E-state index in [2.05, 4.69) is 68.7 Å². The van der Waals surface area contributed by atoms with E-state index in [1.54, 1.807) is 0 Å². The van der Waals surface area contributed by atoms with Crippen molar-refractivity contribution in [2.24, 2.45) is 0 Å². The number of hydrogen-bond acceptors (Lipinski definition) is 0. The summed E-state index contributed by atoms with van der Waals surface area (Å²) in [5, 5.41) is 1.30. The fraction of sp³-hybridized carbons (Fsp3) is 0.200. The van der Waals surface area contributed by atoms with Crippen molar-refractivity contribution in [1.29, 1.82) is 0 Å². The van der Waals surface area contributed by atoms with Gasteiger partial charge in [0.25, 0.3) is 0 Å². The molecule has 1 aliphatic carbocycles. The maximum Gasteiger partial charge on any atom is 0.0464 e. The molecule has 0 saturated heterocycles. The minimum atomic E-state index is 0.0630. The van der Waals surface area contributed by atoms with Crippen LogP contribution >= 0.6 is 0 Å². The lowest BCUT2D eigenvalue weighted by Crippen LogP contribution is -2.14. The third kappa shape index (κ3) is 1.46. The van der Waals surface area contributed by atoms with E-state index in [-0.39, 0.29) is 5.41 Å². The SMILES string of the molecule is C=Cc1[nH]c2cc3c(cc2c1C)-c1ccccc1C3(C)C. The van der Waals surface area contributed by atoms with Crippen LogP contribution in [-0.2, 0) is 5.41 Å². The van der Waals surface area contributed by atoms with Crippen LogP contribution in [0.1, 0.15) is 36.2 Å². The Morgan fingerprint density at radius 2 is 1.81 bits per heavy atom. The molecule has 0 amide bonds. The topological polar surface area (TPSA) is 15.8 Å². The van der Waals surface area contributed by atoms with Gasteiger partial charge in [-0.05, 0) is 52.9 Å². The Hall–Kier alpha value is -2.28. The number of benzene rings is 2. The van der Waals surface area contributed by atoms with E-state index in [1.807, 2.05) is 6.08 Å². The lowest BCUT2D eigenvalue weighted by molar-refractivity contribution is 0.661. The molecule has 0 fully saturated rings. The maximum atomic E-state index is 3.90. The van der Waals surface area contributed by atoms with Gasteiger partial charge in [-0.1, -0.05) is 44.7 Å². The minimum absolute atomic E-state index is 0.0630. The Kier molecular flexibility index (Phi) is 2.30. The first-order valence-corrected chi connectivity index (χ1v) is 7.43. The molecule has 0 unspecified atom stereocenters. The predicted octanol–water partition coefficient (Wildman–Crippen LogP) is 5.43. The monoisotopic (exact) mass is 273 g/mol. The van der Waals surface area contributed by atoms with Crippen molar-refractivity contribution in [3.8, 4) is 11.1 Å². The van der Waals surface area contributed by atoms with Gasteiger partial charge in [0.2, 0.25) is 0 Å². The van der Waals surface area contributed by atoms with E-state index >= 15 is 0 Å². The van der Waals surface area contributed by atoms with E-state index in [4.69, 9.17) is 0 Å². The highest BCUT2D eigenvalue weighted by molar-refractivity contribution is 5.95. The average molecular weight is 273 g/mol. The van der Waals surface area contributed by atoms with Gasteiger partial charge < -0.3 is 4.98 Å². The Bertz CT molecular complexity index is 894. The number of aromatic amines is 1. The standard InChI is InChI=1S/C20H19N/c1-5-18-12(2)14-10-15-13-8-6-7-9-16(13)20(3,4)17(15)11-19(14)21-18/h5-11,21H,1H2,2-4H3. The van der Waals surface area contributed by atoms with Crippen molar-refractivity contribution in [3.05, 3.63) is 65.4 Å². The van der Waals surface area contributed by atoms with Gasteiger partial charge in [-0.2, -0.15) is 0 Å². The van der Waals surface area contributed by atoms with Gasteiger partial charge in [-0.3, -0.25) is 0 Å². The van der Waals surface area contributed by atoms with Crippen molar-refractivity contribution >= 4 is 17.0 Å². The lowest BCUT2D eigenvalue weighted by atomic mass is 9.82. The molecule has 0 spiro atoms. The van der Waals surface area contributed by atoms with Gasteiger partial charge in [-0.25, -0.2) is 0 Å². The van der Waals surface area contributed by atoms with Crippen LogP contribution in [0, 0.1) is 6.92 Å². The Morgan fingerprint density at radius 3 is 2.57 bits per heavy atom. The highest BCUT2D eigenvalue weighted by atomic mass is 14.7. The van der Waals surface area contributed by atoms with Gasteiger partial charge >= 0.3 is 0 Å². The summed E-state index contributed by atoms with van der Waals surface area (Å²) in [7, 11) is 0. The molecule has 1 heterocycles. The average Bonchev–Trinajstić information content (AvgIpc) is 2.92. The second kappa shape index (κ2) is 3.88. The number of nitrogens with one attached hydrogen (secondary N) is 1. The molecular weight excluding hydrogens is 254 g/mol. The Morgan fingerprint density at radius 1 is 1.05 bits per heavy atom. The molecule has 1 nitrogen and oxygen atoms in total. The first-order valence-electron chi connectivity index (χ1n) is 7.43. The van der Waals surface area contributed by atoms with Crippen molar-refractivity contribution < 1.29 is 0 Å². The third-order valence-corrected chi connectivity index (χ3v) is 5.00. The second-order valence-electron chi connectivity index (χ2n) is 6.48. The molecule has 104 valence electrons. The van der Waals surface area contributed by atoms with Gasteiger partial charge in [0.1, 0.15) is 0 Å². The summed E-state index contributed by atoms with van der Waals surface area (Å²) in [5.74, 6) is 0. The van der Waals surface area contributed by atoms with E-state index in [0.29, 0.717) is 0 Å². The summed E-state index contributed by atoms with van der Waals surface area (Å²) in [6, 6.07) is 13.4. The zero-order valence-electron chi connectivity index (χ0n) is 12.7. The third-order valence-electron chi connectivity index (χ3n) is 5.00. The van der Waals surface area contributed by atoms with E-state index in [0.717, 1.165) is 5.69 Å². The molecule has 0 bridgehead atoms. The first kappa shape index (κ1) is 12.5. The lowest BCUT2D eigenvalue weighted by Gasteiger charge is -2.21. The van der Waals surface area contributed by atoms with E-state index < -0.39 is 0 Å². The summed E-state index contributed by atoms with van der Waals surface area (Å²) in [6.45, 7) is 10.7. The molecular formula is C20H19N. The Balaban J connectivity index is 2.13. The first-order chi connectivity index (χ1) is 10.0. The van der Waals surface area contributed by atoms with Crippen LogP contribution in [0.3, 0.4) is 0 Å². The van der Waals surface area contributed by atoms with Crippen LogP contribution in [0.4, 0.5) is 0 Å². The largest absolute Gasteiger partial charge is 0.355 e. The highest BCUT2D eigenvalue weighted by Gasteiger charge is 2.35. The van der Waals surface area contributed by atoms with Crippen LogP contribution in [-0.4, -0.2) is 4.98 Å². The molecule has 2 aromatic carbocycles. The smallest absolute Gasteiger partial charge is 0.0464 e. The molecule has 1 N–H and O–H groups in total. The van der Waals surface area contributed by atoms with Crippen LogP contribution in [0.15, 0.2) is 43.0 Å². The minimum Gasteiger partial charge on any atom is -0.355 e. The van der Waals surface area contributed by atoms with E-state index in [1.165, 1.54) is 38.7 Å². The zero-order chi connectivity index (χ0) is 14.8. The fourth-order valence-corrected chi connectivity index (χ4v) is 3.75. The molecule has 4 rings (SSSR count). The summed E-state index contributed by atoms with van der Waals surface area (Å²) >= 11 is 0. The number of aromatic nitrogens is 1. The number of hydrogen-bond donors (Lipinski definition) is 1. The summed E-state index contributed by atoms with van der Waals surface area (Å²) in [5.41, 5.74) is 9.27. The van der Waals surface area contributed by atoms with Gasteiger partial charge in [0.15, 0.2) is 0 Å². The molecule has 1 aliphatic rings. The molecule has 21 heavy (non-hydrogen) atoms. The van der Waals surface area contributed by atoms with Crippen LogP contribution < -0.4 is 0 Å². The number of fused-ring (bicyclic) bond motifs is 4. The number of aryl methyl sites for hydroxylation is 1. The fourth-order valence-electron chi connectivity index (χ4n) is 3.75. The summed E-state index contributed by atoms with van der Waals surface area (Å²) in [4.78, 5) is 3.49. The zero-order valence-corrected chi connectivity index (χ0v) is 12.7. The van der Waals surface area contributed by atoms with E-state index in [9.17, 15) is 0 Å². The summed E-state index contributed by atoms with van der Waals surface area (Å²) < 4.78 is 0. The van der Waals surface area contributed by atoms with Gasteiger partial charge in [-0.15, -0.1) is 0 Å². The van der Waals surface area contributed by atoms with Crippen LogP contribution in [0.25, 0.3) is 28.1 Å². The molecule has 0 radical (unpaired) electrons. The van der Waals surface area contributed by atoms with Crippen LogP contribution in [0.2, 0.25) is 0 Å². The molecule has 0 aliphatic heterocycles. The van der Waals surface area contributed by atoms with Crippen molar-refractivity contribution in [1.82, 2.24) is 4.98 Å². The molecule has 0 atom stereocenters. The Labute approximate surface area is 125 Å². The van der Waals surface area contributed by atoms with Gasteiger partial charge in [0, 0.05) is 22.0 Å². The molecule has 0 saturated carbocycles. The van der Waals surface area contributed by atoms with Crippen molar-refractivity contribution in [3.63, 3.8) is 0 Å². The second-order valence-corrected chi connectivity index (χ2v) is 6.48. The molecule has 1 heteroatoms. The number of H-pyrrole nitrogens is 1. The van der Waals surface area contributed by atoms with Crippen molar-refractivity contribution in [2.75, 3.05) is 0 Å². The van der Waals surface area contributed by atoms with Crippen molar-refractivity contribution in [2.45, 2.75) is 26.2 Å². The van der Waals surface area contributed by atoms with Gasteiger partial charge in [0.05, 0.1) is 0 Å².